The van der Waals surface area contributed by atoms with Crippen molar-refractivity contribution in [1.82, 2.24) is 9.13 Å². The van der Waals surface area contributed by atoms with Gasteiger partial charge >= 0.3 is 0 Å². The van der Waals surface area contributed by atoms with Gasteiger partial charge in [0, 0.05) is 47.8 Å². The highest BCUT2D eigenvalue weighted by molar-refractivity contribution is 8.08. The molecule has 2 aliphatic rings. The number of nitrogens with zero attached hydrogens (tertiary/aromatic N) is 2. The Morgan fingerprint density at radius 2 is 1.22 bits per heavy atom. The monoisotopic (exact) mass is 606 g/mol. The molecule has 46 heavy (non-hydrogen) atoms. The molecular weight excluding hydrogens is 577 g/mol. The summed E-state index contributed by atoms with van der Waals surface area (Å²) in [4.78, 5) is 2.87. The van der Waals surface area contributed by atoms with Crippen molar-refractivity contribution in [2.75, 3.05) is 0 Å². The summed E-state index contributed by atoms with van der Waals surface area (Å²) < 4.78 is 4.92. The molecule has 0 bridgehead atoms. The van der Waals surface area contributed by atoms with Crippen LogP contribution in [0.3, 0.4) is 0 Å². The van der Waals surface area contributed by atoms with E-state index >= 15 is 0 Å². The molecule has 8 aromatic rings. The van der Waals surface area contributed by atoms with E-state index in [1.54, 1.807) is 0 Å². The third-order valence-electron chi connectivity index (χ3n) is 10.2. The van der Waals surface area contributed by atoms with Crippen molar-refractivity contribution in [3.63, 3.8) is 0 Å². The lowest BCUT2D eigenvalue weighted by molar-refractivity contribution is 0.641. The molecule has 0 N–H and O–H groups in total. The summed E-state index contributed by atoms with van der Waals surface area (Å²) in [6.45, 7) is 2.43. The molecule has 1 atom stereocenters. The van der Waals surface area contributed by atoms with Crippen LogP contribution in [0.4, 0.5) is 0 Å². The van der Waals surface area contributed by atoms with E-state index in [0.717, 1.165) is 6.42 Å². The lowest BCUT2D eigenvalue weighted by Crippen LogP contribution is -2.38. The van der Waals surface area contributed by atoms with Crippen molar-refractivity contribution in [3.8, 4) is 22.5 Å². The lowest BCUT2D eigenvalue weighted by atomic mass is 9.77. The number of hydrogen-bond donors (Lipinski definition) is 0. The summed E-state index contributed by atoms with van der Waals surface area (Å²) in [5.74, 6) is 0. The van der Waals surface area contributed by atoms with Crippen LogP contribution < -0.4 is 10.6 Å². The van der Waals surface area contributed by atoms with E-state index in [0.29, 0.717) is 0 Å². The molecule has 0 amide bonds. The van der Waals surface area contributed by atoms with Crippen LogP contribution in [0.15, 0.2) is 150 Å². The van der Waals surface area contributed by atoms with E-state index in [2.05, 4.69) is 168 Å². The van der Waals surface area contributed by atoms with Crippen molar-refractivity contribution >= 4 is 55.5 Å². The Morgan fingerprint density at radius 1 is 0.587 bits per heavy atom. The van der Waals surface area contributed by atoms with Crippen molar-refractivity contribution in [2.24, 2.45) is 0 Å². The predicted octanol–water partition coefficient (Wildman–Crippen LogP) is 9.75. The molecule has 10 rings (SSSR count). The maximum Gasteiger partial charge on any atom is 0.0541 e. The molecule has 218 valence electrons. The van der Waals surface area contributed by atoms with Gasteiger partial charge in [-0.25, -0.2) is 0 Å². The van der Waals surface area contributed by atoms with Gasteiger partial charge in [-0.05, 0) is 60.0 Å². The molecule has 6 aromatic carbocycles. The summed E-state index contributed by atoms with van der Waals surface area (Å²) in [7, 11) is 0. The first-order chi connectivity index (χ1) is 22.7. The molecular formula is C43H30N2S. The number of para-hydroxylation sites is 4. The van der Waals surface area contributed by atoms with Crippen LogP contribution in [0.1, 0.15) is 18.9 Å². The highest BCUT2D eigenvalue weighted by Crippen LogP contribution is 2.55. The highest BCUT2D eigenvalue weighted by atomic mass is 32.2. The number of rotatable bonds is 3. The minimum atomic E-state index is -0.000619. The molecule has 0 fully saturated rings. The zero-order chi connectivity index (χ0) is 30.4. The Morgan fingerprint density at radius 3 is 2.00 bits per heavy atom. The standard InChI is InChI=1S/C43H30N2S/c1-43-26-25-39-41(42(43)46-40-24-11-6-19-34(40)43)33-18-5-10-23-38(33)45(39)35-20-7-2-15-30(35)28-13-12-14-29(27-28)44-36-21-8-3-16-31(36)32-17-4-9-22-37(32)44/h2-25,27H,26H2,1H3. The first kappa shape index (κ1) is 26.0. The van der Waals surface area contributed by atoms with E-state index in [4.69, 9.17) is 0 Å². The Kier molecular flexibility index (Phi) is 5.44. The molecule has 0 saturated heterocycles. The lowest BCUT2D eigenvalue weighted by Gasteiger charge is -2.27. The van der Waals surface area contributed by atoms with E-state index < -0.39 is 0 Å². The molecule has 3 heteroatoms. The van der Waals surface area contributed by atoms with Gasteiger partial charge in [-0.2, -0.15) is 0 Å². The third kappa shape index (κ3) is 3.49. The summed E-state index contributed by atoms with van der Waals surface area (Å²) in [6.07, 6.45) is 3.48. The maximum atomic E-state index is 2.52. The summed E-state index contributed by atoms with van der Waals surface area (Å²) in [5.41, 5.74) is 9.97. The third-order valence-corrected chi connectivity index (χ3v) is 11.6. The Balaban J connectivity index is 1.22. The van der Waals surface area contributed by atoms with Gasteiger partial charge in [0.1, 0.15) is 0 Å². The van der Waals surface area contributed by atoms with Crippen LogP contribution in [0.5, 0.6) is 0 Å². The van der Waals surface area contributed by atoms with Crippen molar-refractivity contribution in [2.45, 2.75) is 23.7 Å². The highest BCUT2D eigenvalue weighted by Gasteiger charge is 2.41. The fourth-order valence-corrected chi connectivity index (χ4v) is 9.57. The zero-order valence-electron chi connectivity index (χ0n) is 25.4. The van der Waals surface area contributed by atoms with E-state index in [1.165, 1.54) is 81.1 Å². The van der Waals surface area contributed by atoms with Crippen LogP contribution in [0, 0.1) is 0 Å². The van der Waals surface area contributed by atoms with Crippen LogP contribution in [-0.2, 0) is 5.41 Å². The SMILES string of the molecule is CC12CC=c3c(c4ccccc4n3-c3ccccc3-c3cccc(-n4c5ccccc5c5ccccc54)c3)=C1Sc1ccccc12. The minimum Gasteiger partial charge on any atom is -0.309 e. The Labute approximate surface area is 271 Å². The molecule has 0 spiro atoms. The number of benzene rings is 6. The largest absolute Gasteiger partial charge is 0.309 e. The fraction of sp³-hybridized carbons (Fsp3) is 0.0698. The summed E-state index contributed by atoms with van der Waals surface area (Å²) in [6, 6.07) is 53.4. The Hall–Kier alpha value is -5.25. The first-order valence-electron chi connectivity index (χ1n) is 16.0. The topological polar surface area (TPSA) is 9.86 Å². The van der Waals surface area contributed by atoms with Gasteiger partial charge in [0.05, 0.1) is 27.6 Å². The van der Waals surface area contributed by atoms with Crippen LogP contribution in [-0.4, -0.2) is 9.13 Å². The van der Waals surface area contributed by atoms with Crippen molar-refractivity contribution < 1.29 is 0 Å². The maximum absolute atomic E-state index is 2.52. The number of fused-ring (bicyclic) bond motifs is 9. The predicted molar refractivity (Wildman–Crippen MR) is 194 cm³/mol. The molecule has 2 nitrogen and oxygen atoms in total. The smallest absolute Gasteiger partial charge is 0.0541 e. The number of hydrogen-bond acceptors (Lipinski definition) is 1. The van der Waals surface area contributed by atoms with E-state index in [1.807, 2.05) is 11.8 Å². The van der Waals surface area contributed by atoms with Crippen LogP contribution >= 0.6 is 11.8 Å². The van der Waals surface area contributed by atoms with E-state index in [-0.39, 0.29) is 5.41 Å². The molecule has 0 saturated carbocycles. The second-order valence-corrected chi connectivity index (χ2v) is 13.8. The Bertz CT molecular complexity index is 2620. The second-order valence-electron chi connectivity index (χ2n) is 12.7. The number of aromatic nitrogens is 2. The minimum absolute atomic E-state index is 0.000619. The second kappa shape index (κ2) is 9.62. The van der Waals surface area contributed by atoms with Gasteiger partial charge in [-0.3, -0.25) is 0 Å². The van der Waals surface area contributed by atoms with Gasteiger partial charge in [0.15, 0.2) is 0 Å². The van der Waals surface area contributed by atoms with Crippen molar-refractivity contribution in [1.29, 1.82) is 0 Å². The van der Waals surface area contributed by atoms with Gasteiger partial charge in [0.25, 0.3) is 0 Å². The normalized spacial score (nSPS) is 16.8. The van der Waals surface area contributed by atoms with Gasteiger partial charge in [0.2, 0.25) is 0 Å². The average Bonchev–Trinajstić information content (AvgIpc) is 3.73. The van der Waals surface area contributed by atoms with Gasteiger partial charge in [-0.1, -0.05) is 128 Å². The summed E-state index contributed by atoms with van der Waals surface area (Å²) in [5, 5.41) is 6.57. The van der Waals surface area contributed by atoms with E-state index in [9.17, 15) is 0 Å². The fourth-order valence-electron chi connectivity index (χ4n) is 8.06. The molecule has 1 aliphatic heterocycles. The first-order valence-corrected chi connectivity index (χ1v) is 16.8. The molecule has 1 unspecified atom stereocenters. The quantitative estimate of drug-likeness (QED) is 0.195. The number of thioether (sulfide) groups is 1. The average molecular weight is 607 g/mol. The van der Waals surface area contributed by atoms with Crippen molar-refractivity contribution in [3.05, 3.63) is 162 Å². The molecule has 0 radical (unpaired) electrons. The van der Waals surface area contributed by atoms with Gasteiger partial charge < -0.3 is 9.13 Å². The van der Waals surface area contributed by atoms with Gasteiger partial charge in [-0.15, -0.1) is 0 Å². The molecule has 2 aromatic heterocycles. The van der Waals surface area contributed by atoms with Crippen LogP contribution in [0.25, 0.3) is 66.2 Å². The summed E-state index contributed by atoms with van der Waals surface area (Å²) >= 11 is 1.97. The molecule has 1 aliphatic carbocycles. The van der Waals surface area contributed by atoms with Crippen LogP contribution in [0.2, 0.25) is 0 Å². The zero-order valence-corrected chi connectivity index (χ0v) is 26.3. The molecule has 3 heterocycles.